The van der Waals surface area contributed by atoms with Crippen LogP contribution in [0.1, 0.15) is 27.4 Å². The van der Waals surface area contributed by atoms with E-state index in [-0.39, 0.29) is 34.7 Å². The lowest BCUT2D eigenvalue weighted by Gasteiger charge is -2.13. The van der Waals surface area contributed by atoms with Gasteiger partial charge < -0.3 is 14.6 Å². The fourth-order valence-corrected chi connectivity index (χ4v) is 3.80. The monoisotopic (exact) mass is 480 g/mol. The molecule has 0 aliphatic heterocycles. The largest absolute Gasteiger partial charge is 0.470 e. The van der Waals surface area contributed by atoms with Gasteiger partial charge in [0, 0.05) is 24.0 Å². The van der Waals surface area contributed by atoms with Crippen LogP contribution in [0.4, 0.5) is 11.6 Å². The van der Waals surface area contributed by atoms with E-state index in [2.05, 4.69) is 30.1 Å². The number of carbonyl (C=O) groups is 1. The summed E-state index contributed by atoms with van der Waals surface area (Å²) in [7, 11) is -3.98. The Morgan fingerprint density at radius 2 is 1.91 bits per heavy atom. The molecule has 4 aromatic rings. The summed E-state index contributed by atoms with van der Waals surface area (Å²) < 4.78 is 38.7. The molecular weight excluding hydrogens is 460 g/mol. The molecule has 0 spiro atoms. The molecule has 0 aliphatic rings. The summed E-state index contributed by atoms with van der Waals surface area (Å²) in [5.41, 5.74) is 1.52. The molecule has 4 rings (SSSR count). The second-order valence-electron chi connectivity index (χ2n) is 7.25. The van der Waals surface area contributed by atoms with Crippen LogP contribution in [0.5, 0.6) is 5.88 Å². The predicted octanol–water partition coefficient (Wildman–Crippen LogP) is 3.11. The Morgan fingerprint density at radius 3 is 2.59 bits per heavy atom. The maximum absolute atomic E-state index is 12.9. The first-order valence-corrected chi connectivity index (χ1v) is 11.5. The first kappa shape index (κ1) is 22.9. The van der Waals surface area contributed by atoms with Crippen LogP contribution >= 0.6 is 0 Å². The number of aryl methyl sites for hydroxylation is 2. The predicted molar refractivity (Wildman–Crippen MR) is 122 cm³/mol. The molecule has 0 saturated heterocycles. The Balaban J connectivity index is 1.62. The minimum Gasteiger partial charge on any atom is -0.470 e. The molecule has 0 aliphatic carbocycles. The van der Waals surface area contributed by atoms with Gasteiger partial charge in [-0.2, -0.15) is 0 Å². The van der Waals surface area contributed by atoms with Crippen LogP contribution < -0.4 is 14.8 Å². The first-order valence-electron chi connectivity index (χ1n) is 10.0. The van der Waals surface area contributed by atoms with Gasteiger partial charge in [0.05, 0.1) is 11.1 Å². The van der Waals surface area contributed by atoms with Gasteiger partial charge in [0.1, 0.15) is 12.4 Å². The number of aromatic nitrogens is 4. The second kappa shape index (κ2) is 9.67. The van der Waals surface area contributed by atoms with Crippen molar-refractivity contribution in [1.29, 1.82) is 0 Å². The lowest BCUT2D eigenvalue weighted by atomic mass is 10.2. The number of amides is 1. The number of carbonyl (C=O) groups excluding carboxylic acids is 1. The lowest BCUT2D eigenvalue weighted by Crippen LogP contribution is -2.18. The van der Waals surface area contributed by atoms with Gasteiger partial charge in [-0.3, -0.25) is 14.5 Å². The summed E-state index contributed by atoms with van der Waals surface area (Å²) in [6.45, 7) is 3.56. The van der Waals surface area contributed by atoms with Gasteiger partial charge in [0.25, 0.3) is 21.8 Å². The van der Waals surface area contributed by atoms with Crippen molar-refractivity contribution in [2.24, 2.45) is 0 Å². The van der Waals surface area contributed by atoms with Crippen molar-refractivity contribution in [2.45, 2.75) is 25.3 Å². The average Bonchev–Trinajstić information content (AvgIpc) is 3.23. The average molecular weight is 481 g/mol. The van der Waals surface area contributed by atoms with E-state index in [0.717, 1.165) is 11.8 Å². The normalized spacial score (nSPS) is 11.1. The highest BCUT2D eigenvalue weighted by Crippen LogP contribution is 2.24. The minimum absolute atomic E-state index is 0.0231. The number of pyridine rings is 1. The number of nitrogens with zero attached hydrogens (tertiary/aromatic N) is 4. The number of anilines is 2. The first-order chi connectivity index (χ1) is 16.3. The third-order valence-corrected chi connectivity index (χ3v) is 5.86. The number of nitrogens with one attached hydrogen (secondary N) is 2. The zero-order chi connectivity index (χ0) is 24.1. The highest BCUT2D eigenvalue weighted by atomic mass is 32.2. The van der Waals surface area contributed by atoms with E-state index < -0.39 is 15.9 Å². The molecule has 0 saturated carbocycles. The fourth-order valence-electron chi connectivity index (χ4n) is 2.80. The maximum Gasteiger partial charge on any atom is 0.277 e. The van der Waals surface area contributed by atoms with Crippen LogP contribution in [0, 0.1) is 13.8 Å². The molecule has 0 radical (unpaired) electrons. The maximum atomic E-state index is 12.9. The Labute approximate surface area is 195 Å². The standard InChI is InChI=1S/C22H20N6O5S/c1-14-5-7-17(8-6-14)34(30,31)28-20-22(32-13-16-4-3-9-23-11-16)25-18(12-24-20)21(29)26-19-10-15(2)33-27-19/h3-12H,13H2,1-2H3,(H,24,28)(H,26,27,29). The Bertz CT molecular complexity index is 1410. The number of hydrogen-bond donors (Lipinski definition) is 2. The Kier molecular flexibility index (Phi) is 6.50. The van der Waals surface area contributed by atoms with E-state index >= 15 is 0 Å². The smallest absolute Gasteiger partial charge is 0.277 e. The third kappa shape index (κ3) is 5.53. The number of hydrogen-bond acceptors (Lipinski definition) is 9. The SMILES string of the molecule is Cc1ccc(S(=O)(=O)Nc2ncc(C(=O)Nc3cc(C)on3)nc2OCc2cccnc2)cc1. The van der Waals surface area contributed by atoms with Crippen molar-refractivity contribution >= 4 is 27.6 Å². The van der Waals surface area contributed by atoms with Crippen molar-refractivity contribution in [2.75, 3.05) is 10.0 Å². The van der Waals surface area contributed by atoms with Gasteiger partial charge in [-0.1, -0.05) is 28.9 Å². The third-order valence-electron chi connectivity index (χ3n) is 4.50. The van der Waals surface area contributed by atoms with Crippen LogP contribution in [-0.2, 0) is 16.6 Å². The number of ether oxygens (including phenoxy) is 1. The molecule has 0 atom stereocenters. The summed E-state index contributed by atoms with van der Waals surface area (Å²) >= 11 is 0. The minimum atomic E-state index is -3.98. The quantitative estimate of drug-likeness (QED) is 0.388. The zero-order valence-electron chi connectivity index (χ0n) is 18.2. The van der Waals surface area contributed by atoms with E-state index in [4.69, 9.17) is 9.26 Å². The van der Waals surface area contributed by atoms with Crippen LogP contribution in [0.25, 0.3) is 0 Å². The van der Waals surface area contributed by atoms with Crippen LogP contribution in [0.15, 0.2) is 70.5 Å². The summed E-state index contributed by atoms with van der Waals surface area (Å²) in [6.07, 6.45) is 4.33. The molecule has 174 valence electrons. The van der Waals surface area contributed by atoms with Gasteiger partial charge in [-0.25, -0.2) is 18.4 Å². The van der Waals surface area contributed by atoms with Gasteiger partial charge in [0.2, 0.25) is 5.82 Å². The molecule has 0 bridgehead atoms. The van der Waals surface area contributed by atoms with E-state index in [0.29, 0.717) is 11.3 Å². The molecule has 3 aromatic heterocycles. The molecule has 1 amide bonds. The number of sulfonamides is 1. The summed E-state index contributed by atoms with van der Waals surface area (Å²) in [5, 5.41) is 6.23. The lowest BCUT2D eigenvalue weighted by molar-refractivity contribution is 0.101. The van der Waals surface area contributed by atoms with Crippen LogP contribution in [0.2, 0.25) is 0 Å². The molecule has 0 unspecified atom stereocenters. The van der Waals surface area contributed by atoms with Gasteiger partial charge >= 0.3 is 0 Å². The van der Waals surface area contributed by atoms with Crippen LogP contribution in [0.3, 0.4) is 0 Å². The molecule has 3 heterocycles. The van der Waals surface area contributed by atoms with Crippen molar-refractivity contribution in [3.8, 4) is 5.88 Å². The van der Waals surface area contributed by atoms with Gasteiger partial charge in [-0.15, -0.1) is 0 Å². The molecule has 1 aromatic carbocycles. The van der Waals surface area contributed by atoms with Crippen molar-refractivity contribution in [1.82, 2.24) is 20.1 Å². The molecule has 12 heteroatoms. The van der Waals surface area contributed by atoms with Gasteiger partial charge in [0.15, 0.2) is 11.5 Å². The number of benzene rings is 1. The molecule has 11 nitrogen and oxygen atoms in total. The Hall–Kier alpha value is -4.32. The van der Waals surface area contributed by atoms with E-state index in [1.807, 2.05) is 6.92 Å². The molecule has 2 N–H and O–H groups in total. The van der Waals surface area contributed by atoms with E-state index in [1.165, 1.54) is 18.2 Å². The summed E-state index contributed by atoms with van der Waals surface area (Å²) in [6, 6.07) is 11.4. The topological polar surface area (TPSA) is 149 Å². The second-order valence-corrected chi connectivity index (χ2v) is 8.94. The molecule has 34 heavy (non-hydrogen) atoms. The molecular formula is C22H20N6O5S. The van der Waals surface area contributed by atoms with Crippen molar-refractivity contribution in [3.63, 3.8) is 0 Å². The Morgan fingerprint density at radius 1 is 1.12 bits per heavy atom. The van der Waals surface area contributed by atoms with E-state index in [1.54, 1.807) is 43.6 Å². The fraction of sp³-hybridized carbons (Fsp3) is 0.136. The highest BCUT2D eigenvalue weighted by molar-refractivity contribution is 7.92. The molecule has 0 fully saturated rings. The van der Waals surface area contributed by atoms with Gasteiger partial charge in [-0.05, 0) is 32.0 Å². The van der Waals surface area contributed by atoms with E-state index in [9.17, 15) is 13.2 Å². The zero-order valence-corrected chi connectivity index (χ0v) is 19.0. The summed E-state index contributed by atoms with van der Waals surface area (Å²) in [4.78, 5) is 24.9. The van der Waals surface area contributed by atoms with Crippen molar-refractivity contribution in [3.05, 3.63) is 83.6 Å². The number of rotatable bonds is 8. The van der Waals surface area contributed by atoms with Crippen molar-refractivity contribution < 1.29 is 22.5 Å². The highest BCUT2D eigenvalue weighted by Gasteiger charge is 2.21. The van der Waals surface area contributed by atoms with Crippen LogP contribution in [-0.4, -0.2) is 34.4 Å². The summed E-state index contributed by atoms with van der Waals surface area (Å²) in [5.74, 6) is -0.254.